The molecular formula is C19H18ClN3O2S. The third-order valence-electron chi connectivity index (χ3n) is 3.45. The van der Waals surface area contributed by atoms with Gasteiger partial charge in [-0.15, -0.1) is 10.2 Å². The number of para-hydroxylation sites is 1. The van der Waals surface area contributed by atoms with Gasteiger partial charge in [0.1, 0.15) is 0 Å². The van der Waals surface area contributed by atoms with Gasteiger partial charge in [-0.1, -0.05) is 53.7 Å². The predicted octanol–water partition coefficient (Wildman–Crippen LogP) is 4.63. The van der Waals surface area contributed by atoms with Crippen molar-refractivity contribution in [2.24, 2.45) is 0 Å². The molecular weight excluding hydrogens is 370 g/mol. The van der Waals surface area contributed by atoms with Crippen LogP contribution >= 0.6 is 23.4 Å². The molecule has 0 bridgehead atoms. The molecule has 0 aliphatic rings. The number of carbonyl (C=O) groups is 1. The number of esters is 1. The first kappa shape index (κ1) is 18.5. The Morgan fingerprint density at radius 3 is 2.50 bits per heavy atom. The normalized spacial score (nSPS) is 10.9. The summed E-state index contributed by atoms with van der Waals surface area (Å²) >= 11 is 7.64. The van der Waals surface area contributed by atoms with Crippen LogP contribution < -0.4 is 0 Å². The van der Waals surface area contributed by atoms with E-state index in [1.807, 2.05) is 73.0 Å². The van der Waals surface area contributed by atoms with Crippen LogP contribution in [0.1, 0.15) is 13.8 Å². The molecule has 1 aromatic heterocycles. The van der Waals surface area contributed by atoms with Crippen LogP contribution in [0.2, 0.25) is 5.02 Å². The van der Waals surface area contributed by atoms with E-state index in [1.165, 1.54) is 11.8 Å². The van der Waals surface area contributed by atoms with Gasteiger partial charge in [-0.2, -0.15) is 0 Å². The highest BCUT2D eigenvalue weighted by Crippen LogP contribution is 2.31. The summed E-state index contributed by atoms with van der Waals surface area (Å²) in [5.41, 5.74) is 1.68. The van der Waals surface area contributed by atoms with Crippen molar-refractivity contribution in [1.29, 1.82) is 0 Å². The Morgan fingerprint density at radius 2 is 1.81 bits per heavy atom. The highest BCUT2D eigenvalue weighted by molar-refractivity contribution is 7.99. The number of hydrogen-bond donors (Lipinski definition) is 0. The van der Waals surface area contributed by atoms with E-state index in [4.69, 9.17) is 16.3 Å². The SMILES string of the molecule is CC(C)OC(=O)CSc1nnc(-c2ccccc2Cl)n1-c1ccccc1. The van der Waals surface area contributed by atoms with E-state index in [0.717, 1.165) is 11.3 Å². The molecule has 0 amide bonds. The number of halogens is 1. The van der Waals surface area contributed by atoms with Gasteiger partial charge in [-0.25, -0.2) is 0 Å². The van der Waals surface area contributed by atoms with Crippen LogP contribution in [0.15, 0.2) is 59.8 Å². The zero-order chi connectivity index (χ0) is 18.5. The van der Waals surface area contributed by atoms with Crippen LogP contribution in [-0.2, 0) is 9.53 Å². The van der Waals surface area contributed by atoms with Gasteiger partial charge in [0.15, 0.2) is 11.0 Å². The topological polar surface area (TPSA) is 57.0 Å². The first-order valence-corrected chi connectivity index (χ1v) is 9.50. The number of thioether (sulfide) groups is 1. The minimum absolute atomic E-state index is 0.145. The maximum absolute atomic E-state index is 11.9. The number of carbonyl (C=O) groups excluding carboxylic acids is 1. The van der Waals surface area contributed by atoms with Crippen LogP contribution in [0.5, 0.6) is 0 Å². The summed E-state index contributed by atoms with van der Waals surface area (Å²) in [7, 11) is 0. The Kier molecular flexibility index (Phi) is 5.96. The van der Waals surface area contributed by atoms with Gasteiger partial charge < -0.3 is 4.74 Å². The number of ether oxygens (including phenoxy) is 1. The Labute approximate surface area is 161 Å². The van der Waals surface area contributed by atoms with Gasteiger partial charge in [-0.05, 0) is 38.1 Å². The summed E-state index contributed by atoms with van der Waals surface area (Å²) in [6, 6.07) is 17.2. The van der Waals surface area contributed by atoms with E-state index in [-0.39, 0.29) is 17.8 Å². The monoisotopic (exact) mass is 387 g/mol. The van der Waals surface area contributed by atoms with E-state index in [1.54, 1.807) is 0 Å². The molecule has 1 heterocycles. The molecule has 0 aliphatic carbocycles. The molecule has 0 saturated carbocycles. The third-order valence-corrected chi connectivity index (χ3v) is 4.68. The number of hydrogen-bond acceptors (Lipinski definition) is 5. The van der Waals surface area contributed by atoms with Crippen molar-refractivity contribution >= 4 is 29.3 Å². The average Bonchev–Trinajstić information content (AvgIpc) is 3.04. The number of aromatic nitrogens is 3. The standard InChI is InChI=1S/C19H18ClN3O2S/c1-13(2)25-17(24)12-26-19-22-21-18(15-10-6-7-11-16(15)20)23(19)14-8-4-3-5-9-14/h3-11,13H,12H2,1-2H3. The first-order chi connectivity index (χ1) is 12.6. The lowest BCUT2D eigenvalue weighted by Crippen LogP contribution is -2.13. The van der Waals surface area contributed by atoms with E-state index in [9.17, 15) is 4.79 Å². The van der Waals surface area contributed by atoms with Crippen molar-refractivity contribution in [3.05, 3.63) is 59.6 Å². The van der Waals surface area contributed by atoms with Crippen molar-refractivity contribution in [2.75, 3.05) is 5.75 Å². The van der Waals surface area contributed by atoms with E-state index >= 15 is 0 Å². The fraction of sp³-hybridized carbons (Fsp3) is 0.211. The summed E-state index contributed by atoms with van der Waals surface area (Å²) in [4.78, 5) is 11.9. The van der Waals surface area contributed by atoms with Crippen LogP contribution in [0.3, 0.4) is 0 Å². The van der Waals surface area contributed by atoms with Crippen molar-refractivity contribution < 1.29 is 9.53 Å². The van der Waals surface area contributed by atoms with Gasteiger partial charge in [0, 0.05) is 11.3 Å². The van der Waals surface area contributed by atoms with Crippen molar-refractivity contribution in [2.45, 2.75) is 25.1 Å². The Bertz CT molecular complexity index is 897. The van der Waals surface area contributed by atoms with Crippen molar-refractivity contribution in [3.8, 4) is 17.1 Å². The van der Waals surface area contributed by atoms with E-state index in [0.29, 0.717) is 16.0 Å². The number of benzene rings is 2. The maximum Gasteiger partial charge on any atom is 0.316 e. The molecule has 0 radical (unpaired) electrons. The highest BCUT2D eigenvalue weighted by atomic mass is 35.5. The first-order valence-electron chi connectivity index (χ1n) is 8.14. The van der Waals surface area contributed by atoms with Gasteiger partial charge >= 0.3 is 5.97 Å². The van der Waals surface area contributed by atoms with Gasteiger partial charge in [0.25, 0.3) is 0 Å². The molecule has 0 N–H and O–H groups in total. The lowest BCUT2D eigenvalue weighted by molar-refractivity contribution is -0.144. The quantitative estimate of drug-likeness (QED) is 0.456. The summed E-state index contributed by atoms with van der Waals surface area (Å²) in [5.74, 6) is 0.500. The number of nitrogens with zero attached hydrogens (tertiary/aromatic N) is 3. The Hall–Kier alpha value is -2.31. The molecule has 5 nitrogen and oxygen atoms in total. The molecule has 26 heavy (non-hydrogen) atoms. The fourth-order valence-electron chi connectivity index (χ4n) is 2.41. The second-order valence-corrected chi connectivity index (χ2v) is 7.13. The van der Waals surface area contributed by atoms with Gasteiger partial charge in [0.2, 0.25) is 0 Å². The molecule has 7 heteroatoms. The zero-order valence-electron chi connectivity index (χ0n) is 14.4. The van der Waals surface area contributed by atoms with Crippen molar-refractivity contribution in [1.82, 2.24) is 14.8 Å². The van der Waals surface area contributed by atoms with Crippen molar-refractivity contribution in [3.63, 3.8) is 0 Å². The molecule has 0 aliphatic heterocycles. The fourth-order valence-corrected chi connectivity index (χ4v) is 3.37. The highest BCUT2D eigenvalue weighted by Gasteiger charge is 2.19. The lowest BCUT2D eigenvalue weighted by Gasteiger charge is -2.11. The van der Waals surface area contributed by atoms with E-state index < -0.39 is 0 Å². The van der Waals surface area contributed by atoms with Crippen LogP contribution in [-0.4, -0.2) is 32.6 Å². The Balaban J connectivity index is 1.98. The predicted molar refractivity (Wildman–Crippen MR) is 104 cm³/mol. The second kappa shape index (κ2) is 8.38. The summed E-state index contributed by atoms with van der Waals surface area (Å²) in [6.45, 7) is 3.65. The average molecular weight is 388 g/mol. The van der Waals surface area contributed by atoms with E-state index in [2.05, 4.69) is 10.2 Å². The molecule has 0 atom stereocenters. The minimum Gasteiger partial charge on any atom is -0.462 e. The molecule has 2 aromatic carbocycles. The van der Waals surface area contributed by atoms with Crippen LogP contribution in [0.4, 0.5) is 0 Å². The van der Waals surface area contributed by atoms with Gasteiger partial charge in [-0.3, -0.25) is 9.36 Å². The Morgan fingerprint density at radius 1 is 1.12 bits per heavy atom. The molecule has 0 unspecified atom stereocenters. The minimum atomic E-state index is -0.285. The lowest BCUT2D eigenvalue weighted by atomic mass is 10.2. The second-order valence-electron chi connectivity index (χ2n) is 5.78. The smallest absolute Gasteiger partial charge is 0.316 e. The molecule has 0 spiro atoms. The summed E-state index contributed by atoms with van der Waals surface area (Å²) < 4.78 is 7.09. The molecule has 134 valence electrons. The third kappa shape index (κ3) is 4.26. The van der Waals surface area contributed by atoms with Crippen LogP contribution in [0.25, 0.3) is 17.1 Å². The number of rotatable bonds is 6. The molecule has 3 rings (SSSR count). The zero-order valence-corrected chi connectivity index (χ0v) is 16.0. The van der Waals surface area contributed by atoms with Gasteiger partial charge in [0.05, 0.1) is 16.9 Å². The molecule has 3 aromatic rings. The maximum atomic E-state index is 11.9. The largest absolute Gasteiger partial charge is 0.462 e. The summed E-state index contributed by atoms with van der Waals surface area (Å²) in [6.07, 6.45) is -0.145. The van der Waals surface area contributed by atoms with Crippen LogP contribution in [0, 0.1) is 0 Å². The molecule has 0 saturated heterocycles. The summed E-state index contributed by atoms with van der Waals surface area (Å²) in [5, 5.41) is 9.78. The molecule has 0 fully saturated rings.